The Hall–Kier alpha value is 0.0649. The van der Waals surface area contributed by atoms with Crippen LogP contribution in [0.15, 0.2) is 0 Å². The number of rotatable bonds is 4. The summed E-state index contributed by atoms with van der Waals surface area (Å²) in [5.74, 6) is 2.93. The monoisotopic (exact) mass is 165 g/mol. The van der Waals surface area contributed by atoms with Gasteiger partial charge in [-0.25, -0.2) is 0 Å². The van der Waals surface area contributed by atoms with Gasteiger partial charge in [0, 0.05) is 0 Å². The average molecular weight is 165 g/mol. The lowest BCUT2D eigenvalue weighted by Gasteiger charge is -2.19. The van der Waals surface area contributed by atoms with Crippen LogP contribution in [-0.2, 0) is 0 Å². The topological polar surface area (TPSA) is 0 Å². The molecule has 0 saturated carbocycles. The third-order valence-corrected chi connectivity index (χ3v) is 3.24. The smallest absolute Gasteiger partial charge is 0.0773 e. The maximum atomic E-state index is 2.50. The van der Waals surface area contributed by atoms with E-state index in [9.17, 15) is 0 Å². The van der Waals surface area contributed by atoms with Gasteiger partial charge in [-0.1, -0.05) is 52.7 Å². The quantitative estimate of drug-likeness (QED) is 0.558. The molecule has 12 heavy (non-hydrogen) atoms. The summed E-state index contributed by atoms with van der Waals surface area (Å²) in [5.41, 5.74) is 0. The summed E-state index contributed by atoms with van der Waals surface area (Å²) in [5, 5.41) is 0. The molecule has 0 nitrogen and oxygen atoms in total. The third kappa shape index (κ3) is 2.84. The van der Waals surface area contributed by atoms with Crippen LogP contribution >= 0.6 is 0 Å². The summed E-state index contributed by atoms with van der Waals surface area (Å²) >= 11 is 0. The van der Waals surface area contributed by atoms with Crippen LogP contribution in [0.1, 0.15) is 40.0 Å². The molecule has 1 heteroatoms. The first-order valence-corrected chi connectivity index (χ1v) is 5.55. The normalized spacial score (nSPS) is 29.3. The second-order valence-electron chi connectivity index (χ2n) is 4.66. The van der Waals surface area contributed by atoms with Gasteiger partial charge in [0.15, 0.2) is 0 Å². The molecule has 2 atom stereocenters. The van der Waals surface area contributed by atoms with Crippen LogP contribution in [0, 0.1) is 17.8 Å². The van der Waals surface area contributed by atoms with Crippen LogP contribution in [0.5, 0.6) is 0 Å². The molecule has 0 bridgehead atoms. The van der Waals surface area contributed by atoms with Crippen LogP contribution in [-0.4, -0.2) is 7.28 Å². The number of hydrogen-bond donors (Lipinski definition) is 0. The highest BCUT2D eigenvalue weighted by molar-refractivity contribution is 6.36. The molecule has 0 aromatic carbocycles. The van der Waals surface area contributed by atoms with Crippen molar-refractivity contribution >= 4 is 7.28 Å². The van der Waals surface area contributed by atoms with E-state index in [0.717, 1.165) is 17.8 Å². The molecular weight excluding hydrogens is 143 g/mol. The fraction of sp³-hybridized carbons (Fsp3) is 1.00. The van der Waals surface area contributed by atoms with Gasteiger partial charge < -0.3 is 0 Å². The minimum absolute atomic E-state index is 0.892. The Morgan fingerprint density at radius 3 is 2.50 bits per heavy atom. The molecule has 0 aromatic heterocycles. The Kier molecular flexibility index (Phi) is 4.18. The van der Waals surface area contributed by atoms with Gasteiger partial charge >= 0.3 is 0 Å². The minimum atomic E-state index is 0.892. The summed E-state index contributed by atoms with van der Waals surface area (Å²) < 4.78 is 0. The van der Waals surface area contributed by atoms with E-state index < -0.39 is 0 Å². The van der Waals surface area contributed by atoms with Gasteiger partial charge in [0.25, 0.3) is 0 Å². The Bertz CT molecular complexity index is 120. The van der Waals surface area contributed by atoms with Crippen LogP contribution in [0.2, 0.25) is 12.6 Å². The van der Waals surface area contributed by atoms with Gasteiger partial charge in [0.2, 0.25) is 0 Å². The maximum absolute atomic E-state index is 2.50. The van der Waals surface area contributed by atoms with Gasteiger partial charge in [-0.3, -0.25) is 0 Å². The molecule has 0 N–H and O–H groups in total. The first-order valence-electron chi connectivity index (χ1n) is 5.55. The molecule has 0 spiro atoms. The predicted octanol–water partition coefficient (Wildman–Crippen LogP) is 3.62. The van der Waals surface area contributed by atoms with Crippen LogP contribution < -0.4 is 0 Å². The highest BCUT2D eigenvalue weighted by atomic mass is 14.2. The molecule has 1 rings (SSSR count). The molecule has 1 aliphatic rings. The Morgan fingerprint density at radius 1 is 1.25 bits per heavy atom. The molecule has 1 aliphatic heterocycles. The zero-order chi connectivity index (χ0) is 8.97. The summed E-state index contributed by atoms with van der Waals surface area (Å²) in [6.45, 7) is 7.01. The summed E-state index contributed by atoms with van der Waals surface area (Å²) in [6.07, 6.45) is 7.06. The SMILES string of the molecule is CCC1C[B]CC1CCC(C)C. The van der Waals surface area contributed by atoms with Gasteiger partial charge in [-0.05, 0) is 17.8 Å². The van der Waals surface area contributed by atoms with Crippen LogP contribution in [0.3, 0.4) is 0 Å². The second-order valence-corrected chi connectivity index (χ2v) is 4.66. The van der Waals surface area contributed by atoms with E-state index in [1.807, 2.05) is 0 Å². The molecule has 0 aliphatic carbocycles. The lowest BCUT2D eigenvalue weighted by atomic mass is 9.75. The highest BCUT2D eigenvalue weighted by Gasteiger charge is 2.25. The molecule has 69 valence electrons. The standard InChI is InChI=1S/C11H22B/c1-4-10-7-12-8-11(10)6-5-9(2)3/h9-11H,4-8H2,1-3H3. The average Bonchev–Trinajstić information content (AvgIpc) is 2.47. The first-order chi connectivity index (χ1) is 5.74. The predicted molar refractivity (Wildman–Crippen MR) is 56.7 cm³/mol. The van der Waals surface area contributed by atoms with Crippen molar-refractivity contribution < 1.29 is 0 Å². The lowest BCUT2D eigenvalue weighted by Crippen LogP contribution is -2.06. The van der Waals surface area contributed by atoms with Crippen molar-refractivity contribution in [3.63, 3.8) is 0 Å². The van der Waals surface area contributed by atoms with Gasteiger partial charge in [0.05, 0.1) is 0 Å². The molecule has 2 unspecified atom stereocenters. The molecule has 1 radical (unpaired) electrons. The second kappa shape index (κ2) is 4.94. The first kappa shape index (κ1) is 10.1. The van der Waals surface area contributed by atoms with Crippen molar-refractivity contribution in [2.75, 3.05) is 0 Å². The maximum Gasteiger partial charge on any atom is 0.110 e. The molecule has 1 saturated heterocycles. The number of hydrogen-bond acceptors (Lipinski definition) is 0. The molecule has 1 heterocycles. The van der Waals surface area contributed by atoms with Gasteiger partial charge in [0.1, 0.15) is 7.28 Å². The fourth-order valence-corrected chi connectivity index (χ4v) is 2.31. The Labute approximate surface area is 78.4 Å². The zero-order valence-electron chi connectivity index (χ0n) is 8.84. The van der Waals surface area contributed by atoms with Crippen LogP contribution in [0.4, 0.5) is 0 Å². The highest BCUT2D eigenvalue weighted by Crippen LogP contribution is 2.34. The van der Waals surface area contributed by atoms with Gasteiger partial charge in [-0.2, -0.15) is 0 Å². The largest absolute Gasteiger partial charge is 0.110 e. The van der Waals surface area contributed by atoms with E-state index in [4.69, 9.17) is 0 Å². The minimum Gasteiger partial charge on any atom is -0.0773 e. The Morgan fingerprint density at radius 2 is 1.92 bits per heavy atom. The summed E-state index contributed by atoms with van der Waals surface area (Å²) in [6, 6.07) is 0. The van der Waals surface area contributed by atoms with Crippen molar-refractivity contribution in [3.8, 4) is 0 Å². The van der Waals surface area contributed by atoms with E-state index in [1.54, 1.807) is 0 Å². The molecule has 1 fully saturated rings. The van der Waals surface area contributed by atoms with Crippen LogP contribution in [0.25, 0.3) is 0 Å². The van der Waals surface area contributed by atoms with Crippen molar-refractivity contribution in [1.82, 2.24) is 0 Å². The molecule has 0 amide bonds. The molecule has 0 aromatic rings. The van der Waals surface area contributed by atoms with Crippen molar-refractivity contribution in [2.24, 2.45) is 17.8 Å². The zero-order valence-corrected chi connectivity index (χ0v) is 8.84. The summed E-state index contributed by atoms with van der Waals surface area (Å²) in [7, 11) is 2.50. The van der Waals surface area contributed by atoms with Gasteiger partial charge in [-0.15, -0.1) is 0 Å². The van der Waals surface area contributed by atoms with Crippen molar-refractivity contribution in [1.29, 1.82) is 0 Å². The van der Waals surface area contributed by atoms with E-state index >= 15 is 0 Å². The molecular formula is C11H22B. The van der Waals surface area contributed by atoms with E-state index in [-0.39, 0.29) is 0 Å². The Balaban J connectivity index is 2.21. The summed E-state index contributed by atoms with van der Waals surface area (Å²) in [4.78, 5) is 0. The lowest BCUT2D eigenvalue weighted by molar-refractivity contribution is 0.348. The van der Waals surface area contributed by atoms with Crippen molar-refractivity contribution in [3.05, 3.63) is 0 Å². The third-order valence-electron chi connectivity index (χ3n) is 3.24. The van der Waals surface area contributed by atoms with E-state index in [2.05, 4.69) is 28.1 Å². The fourth-order valence-electron chi connectivity index (χ4n) is 2.31. The van der Waals surface area contributed by atoms with Crippen molar-refractivity contribution in [2.45, 2.75) is 52.7 Å². The van der Waals surface area contributed by atoms with E-state index in [0.29, 0.717) is 0 Å². The van der Waals surface area contributed by atoms with E-state index in [1.165, 1.54) is 31.9 Å².